The van der Waals surface area contributed by atoms with Crippen LogP contribution >= 0.6 is 23.1 Å². The number of para-hydroxylation sites is 1. The Morgan fingerprint density at radius 2 is 1.94 bits per heavy atom. The van der Waals surface area contributed by atoms with Gasteiger partial charge in [0.1, 0.15) is 10.8 Å². The monoisotopic (exact) mass is 479 g/mol. The molecule has 33 heavy (non-hydrogen) atoms. The quantitative estimate of drug-likeness (QED) is 0.352. The lowest BCUT2D eigenvalue weighted by molar-refractivity contribution is 0.122. The Labute approximate surface area is 201 Å². The highest BCUT2D eigenvalue weighted by Gasteiger charge is 2.22. The van der Waals surface area contributed by atoms with E-state index in [1.807, 2.05) is 18.2 Å². The highest BCUT2D eigenvalue weighted by atomic mass is 32.2. The Morgan fingerprint density at radius 3 is 2.76 bits per heavy atom. The summed E-state index contributed by atoms with van der Waals surface area (Å²) in [6.07, 6.45) is 0. The van der Waals surface area contributed by atoms with Crippen molar-refractivity contribution in [2.75, 3.05) is 38.3 Å². The number of thioether (sulfide) groups is 1. The van der Waals surface area contributed by atoms with Crippen molar-refractivity contribution in [1.29, 1.82) is 0 Å². The molecular formula is C24H25N5O2S2. The van der Waals surface area contributed by atoms with E-state index in [9.17, 15) is 0 Å². The number of aryl methyl sites for hydroxylation is 1. The van der Waals surface area contributed by atoms with Crippen LogP contribution in [0.25, 0.3) is 16.3 Å². The molecule has 1 aliphatic rings. The van der Waals surface area contributed by atoms with Crippen molar-refractivity contribution in [1.82, 2.24) is 19.7 Å². The van der Waals surface area contributed by atoms with Gasteiger partial charge in [0.2, 0.25) is 5.95 Å². The second-order valence-electron chi connectivity index (χ2n) is 7.67. The lowest BCUT2D eigenvalue weighted by atomic mass is 10.2. The van der Waals surface area contributed by atoms with Crippen LogP contribution < -0.4 is 9.64 Å². The lowest BCUT2D eigenvalue weighted by Crippen LogP contribution is -2.38. The Balaban J connectivity index is 1.40. The van der Waals surface area contributed by atoms with E-state index in [0.29, 0.717) is 19.0 Å². The van der Waals surface area contributed by atoms with Gasteiger partial charge in [-0.15, -0.1) is 21.5 Å². The molecule has 7 nitrogen and oxygen atoms in total. The summed E-state index contributed by atoms with van der Waals surface area (Å²) in [5.41, 5.74) is 4.37. The predicted octanol–water partition coefficient (Wildman–Crippen LogP) is 4.84. The SMILES string of the molecule is COc1cccc(-c2nc(CSc3nnc(N4CCOCC4)n3-c3ccccc3C)cs2)c1. The molecule has 1 saturated heterocycles. The summed E-state index contributed by atoms with van der Waals surface area (Å²) in [6, 6.07) is 16.4. The van der Waals surface area contributed by atoms with Gasteiger partial charge in [-0.2, -0.15) is 0 Å². The van der Waals surface area contributed by atoms with Gasteiger partial charge in [-0.25, -0.2) is 4.98 Å². The van der Waals surface area contributed by atoms with E-state index < -0.39 is 0 Å². The zero-order valence-corrected chi connectivity index (χ0v) is 20.2. The van der Waals surface area contributed by atoms with Crippen LogP contribution in [0.5, 0.6) is 5.75 Å². The van der Waals surface area contributed by atoms with Crippen molar-refractivity contribution < 1.29 is 9.47 Å². The molecule has 0 saturated carbocycles. The fourth-order valence-electron chi connectivity index (χ4n) is 3.75. The average molecular weight is 480 g/mol. The van der Waals surface area contributed by atoms with Crippen LogP contribution in [0.3, 0.4) is 0 Å². The molecule has 0 bridgehead atoms. The molecule has 0 atom stereocenters. The summed E-state index contributed by atoms with van der Waals surface area (Å²) in [5, 5.41) is 13.1. The van der Waals surface area contributed by atoms with Crippen molar-refractivity contribution >= 4 is 29.0 Å². The maximum absolute atomic E-state index is 5.54. The highest BCUT2D eigenvalue weighted by Crippen LogP contribution is 2.32. The number of hydrogen-bond donors (Lipinski definition) is 0. The Bertz CT molecular complexity index is 1230. The number of morpholine rings is 1. The number of methoxy groups -OCH3 is 1. The van der Waals surface area contributed by atoms with Gasteiger partial charge in [0.25, 0.3) is 0 Å². The predicted molar refractivity (Wildman–Crippen MR) is 133 cm³/mol. The summed E-state index contributed by atoms with van der Waals surface area (Å²) in [6.45, 7) is 5.15. The molecule has 1 aliphatic heterocycles. The largest absolute Gasteiger partial charge is 0.497 e. The van der Waals surface area contributed by atoms with Crippen molar-refractivity contribution in [2.24, 2.45) is 0 Å². The zero-order chi connectivity index (χ0) is 22.6. The van der Waals surface area contributed by atoms with E-state index in [1.165, 1.54) is 5.56 Å². The minimum atomic E-state index is 0.703. The summed E-state index contributed by atoms with van der Waals surface area (Å²) in [7, 11) is 1.68. The van der Waals surface area contributed by atoms with Crippen LogP contribution in [0.4, 0.5) is 5.95 Å². The van der Waals surface area contributed by atoms with E-state index in [2.05, 4.69) is 62.3 Å². The average Bonchev–Trinajstić information content (AvgIpc) is 3.51. The van der Waals surface area contributed by atoms with Crippen molar-refractivity contribution in [3.63, 3.8) is 0 Å². The molecule has 0 N–H and O–H groups in total. The summed E-state index contributed by atoms with van der Waals surface area (Å²) >= 11 is 3.30. The third kappa shape index (κ3) is 4.75. The summed E-state index contributed by atoms with van der Waals surface area (Å²) < 4.78 is 13.1. The maximum Gasteiger partial charge on any atom is 0.232 e. The number of benzene rings is 2. The smallest absolute Gasteiger partial charge is 0.232 e. The Morgan fingerprint density at radius 1 is 1.09 bits per heavy atom. The molecule has 9 heteroatoms. The third-order valence-electron chi connectivity index (χ3n) is 5.48. The van der Waals surface area contributed by atoms with Gasteiger partial charge in [0.15, 0.2) is 5.16 Å². The number of ether oxygens (including phenoxy) is 2. The molecule has 2 aromatic heterocycles. The van der Waals surface area contributed by atoms with E-state index in [-0.39, 0.29) is 0 Å². The number of rotatable bonds is 7. The number of anilines is 1. The molecule has 4 aromatic rings. The third-order valence-corrected chi connectivity index (χ3v) is 7.39. The molecule has 5 rings (SSSR count). The molecule has 170 valence electrons. The maximum atomic E-state index is 5.54. The first-order valence-electron chi connectivity index (χ1n) is 10.8. The first-order chi connectivity index (χ1) is 16.2. The molecule has 0 unspecified atom stereocenters. The summed E-state index contributed by atoms with van der Waals surface area (Å²) in [4.78, 5) is 7.09. The van der Waals surface area contributed by atoms with Gasteiger partial charge < -0.3 is 14.4 Å². The van der Waals surface area contributed by atoms with Crippen LogP contribution in [0.1, 0.15) is 11.3 Å². The number of hydrogen-bond acceptors (Lipinski definition) is 8. The van der Waals surface area contributed by atoms with Gasteiger partial charge in [-0.1, -0.05) is 42.1 Å². The van der Waals surface area contributed by atoms with Crippen LogP contribution in [0.2, 0.25) is 0 Å². The second kappa shape index (κ2) is 9.94. The van der Waals surface area contributed by atoms with E-state index in [0.717, 1.165) is 51.9 Å². The van der Waals surface area contributed by atoms with Gasteiger partial charge in [-0.05, 0) is 30.7 Å². The van der Waals surface area contributed by atoms with Crippen LogP contribution in [-0.2, 0) is 10.5 Å². The Hall–Kier alpha value is -2.88. The lowest BCUT2D eigenvalue weighted by Gasteiger charge is -2.28. The molecule has 0 amide bonds. The number of thiazole rings is 1. The van der Waals surface area contributed by atoms with Crippen LogP contribution in [-0.4, -0.2) is 53.2 Å². The molecule has 0 spiro atoms. The van der Waals surface area contributed by atoms with E-state index >= 15 is 0 Å². The molecule has 3 heterocycles. The van der Waals surface area contributed by atoms with E-state index in [1.54, 1.807) is 30.2 Å². The molecular weight excluding hydrogens is 454 g/mol. The van der Waals surface area contributed by atoms with Crippen LogP contribution in [0, 0.1) is 6.92 Å². The molecule has 1 fully saturated rings. The standard InChI is InChI=1S/C24H25N5O2S2/c1-17-6-3-4-9-21(17)29-23(28-10-12-31-13-11-28)26-27-24(29)33-16-19-15-32-22(25-19)18-7-5-8-20(14-18)30-2/h3-9,14-15H,10-13,16H2,1-2H3. The normalized spacial score (nSPS) is 13.9. The van der Waals surface area contributed by atoms with E-state index in [4.69, 9.17) is 14.5 Å². The number of nitrogens with zero attached hydrogens (tertiary/aromatic N) is 5. The molecule has 0 radical (unpaired) electrons. The van der Waals surface area contributed by atoms with Gasteiger partial charge in [0, 0.05) is 29.8 Å². The zero-order valence-electron chi connectivity index (χ0n) is 18.6. The summed E-state index contributed by atoms with van der Waals surface area (Å²) in [5.74, 6) is 2.42. The van der Waals surface area contributed by atoms with Crippen LogP contribution in [0.15, 0.2) is 59.1 Å². The first kappa shape index (κ1) is 21.9. The minimum Gasteiger partial charge on any atom is -0.497 e. The van der Waals surface area contributed by atoms with Crippen molar-refractivity contribution in [3.05, 3.63) is 65.2 Å². The fourth-order valence-corrected chi connectivity index (χ4v) is 5.50. The fraction of sp³-hybridized carbons (Fsp3) is 0.292. The van der Waals surface area contributed by atoms with Gasteiger partial charge >= 0.3 is 0 Å². The Kier molecular flexibility index (Phi) is 6.61. The highest BCUT2D eigenvalue weighted by molar-refractivity contribution is 7.98. The molecule has 2 aromatic carbocycles. The van der Waals surface area contributed by atoms with Gasteiger partial charge in [0.05, 0.1) is 31.7 Å². The van der Waals surface area contributed by atoms with Gasteiger partial charge in [-0.3, -0.25) is 4.57 Å². The van der Waals surface area contributed by atoms with Crippen molar-refractivity contribution in [2.45, 2.75) is 17.8 Å². The second-order valence-corrected chi connectivity index (χ2v) is 9.47. The first-order valence-corrected chi connectivity index (χ1v) is 12.6. The van der Waals surface area contributed by atoms with Crippen molar-refractivity contribution in [3.8, 4) is 22.0 Å². The number of aromatic nitrogens is 4. The minimum absolute atomic E-state index is 0.703. The topological polar surface area (TPSA) is 65.3 Å². The molecule has 0 aliphatic carbocycles.